The second kappa shape index (κ2) is 7.74. The van der Waals surface area contributed by atoms with Crippen LogP contribution in [0.1, 0.15) is 53.0 Å². The molecule has 1 N–H and O–H groups in total. The lowest BCUT2D eigenvalue weighted by Crippen LogP contribution is -2.49. The second-order valence-electron chi connectivity index (χ2n) is 9.72. The molecule has 1 amide bonds. The number of nitrogens with zero attached hydrogens (tertiary/aromatic N) is 4. The SMILES string of the molecule is Cn1nc(C(=O)N2CCCC2)c2c1CC1(CCN(Cc3ccc4cc[nH]c4c3)CC1)OC2. The maximum absolute atomic E-state index is 13.0. The molecule has 1 spiro atoms. The van der Waals surface area contributed by atoms with Gasteiger partial charge in [-0.3, -0.25) is 14.4 Å². The summed E-state index contributed by atoms with van der Waals surface area (Å²) >= 11 is 0. The number of aromatic amines is 1. The average Bonchev–Trinajstić information content (AvgIpc) is 3.56. The standard InChI is InChI=1S/C25H31N5O2/c1-28-22-15-25(32-17-20(22)23(27-28)24(31)30-10-2-3-11-30)7-12-29(13-8-25)16-18-4-5-19-6-9-26-21(19)14-18/h4-6,9,14,26H,2-3,7-8,10-13,15-17H2,1H3. The molecule has 5 heterocycles. The summed E-state index contributed by atoms with van der Waals surface area (Å²) in [6.07, 6.45) is 7.05. The number of nitrogens with one attached hydrogen (secondary N) is 1. The summed E-state index contributed by atoms with van der Waals surface area (Å²) < 4.78 is 8.42. The first-order valence-corrected chi connectivity index (χ1v) is 11.9. The van der Waals surface area contributed by atoms with Crippen LogP contribution < -0.4 is 0 Å². The first-order chi connectivity index (χ1) is 15.6. The van der Waals surface area contributed by atoms with Crippen LogP contribution >= 0.6 is 0 Å². The van der Waals surface area contributed by atoms with Crippen LogP contribution in [0.15, 0.2) is 30.5 Å². The summed E-state index contributed by atoms with van der Waals surface area (Å²) in [5.41, 5.74) is 5.22. The fraction of sp³-hybridized carbons (Fsp3) is 0.520. The van der Waals surface area contributed by atoms with Crippen molar-refractivity contribution in [3.05, 3.63) is 53.0 Å². The molecule has 0 aliphatic carbocycles. The molecule has 3 aliphatic rings. The van der Waals surface area contributed by atoms with E-state index in [1.807, 2.05) is 22.8 Å². The monoisotopic (exact) mass is 433 g/mol. The average molecular weight is 434 g/mol. The Morgan fingerprint density at radius 3 is 2.78 bits per heavy atom. The number of H-pyrrole nitrogens is 1. The Hall–Kier alpha value is -2.64. The van der Waals surface area contributed by atoms with Crippen molar-refractivity contribution in [2.45, 2.75) is 50.9 Å². The first kappa shape index (κ1) is 20.0. The van der Waals surface area contributed by atoms with Crippen molar-refractivity contribution in [3.8, 4) is 0 Å². The van der Waals surface area contributed by atoms with Gasteiger partial charge in [0, 0.05) is 69.2 Å². The lowest BCUT2D eigenvalue weighted by molar-refractivity contribution is -0.104. The summed E-state index contributed by atoms with van der Waals surface area (Å²) in [7, 11) is 1.98. The third-order valence-electron chi connectivity index (χ3n) is 7.68. The highest BCUT2D eigenvalue weighted by molar-refractivity contribution is 5.94. The number of aromatic nitrogens is 3. The number of aryl methyl sites for hydroxylation is 1. The molecule has 2 saturated heterocycles. The number of hydrogen-bond acceptors (Lipinski definition) is 4. The minimum Gasteiger partial charge on any atom is -0.370 e. The van der Waals surface area contributed by atoms with Crippen molar-refractivity contribution in [3.63, 3.8) is 0 Å². The Bertz CT molecular complexity index is 1150. The van der Waals surface area contributed by atoms with Crippen LogP contribution in [0.5, 0.6) is 0 Å². The smallest absolute Gasteiger partial charge is 0.274 e. The maximum atomic E-state index is 13.0. The van der Waals surface area contributed by atoms with Crippen molar-refractivity contribution in [2.75, 3.05) is 26.2 Å². The van der Waals surface area contributed by atoms with Gasteiger partial charge in [-0.05, 0) is 48.8 Å². The highest BCUT2D eigenvalue weighted by atomic mass is 16.5. The number of rotatable bonds is 3. The molecule has 6 rings (SSSR count). The number of hydrogen-bond donors (Lipinski definition) is 1. The zero-order valence-corrected chi connectivity index (χ0v) is 18.8. The fourth-order valence-corrected chi connectivity index (χ4v) is 5.69. The van der Waals surface area contributed by atoms with Crippen molar-refractivity contribution in [2.24, 2.45) is 7.05 Å². The topological polar surface area (TPSA) is 66.4 Å². The molecule has 0 radical (unpaired) electrons. The summed E-state index contributed by atoms with van der Waals surface area (Å²) in [6, 6.07) is 8.80. The van der Waals surface area contributed by atoms with Gasteiger partial charge >= 0.3 is 0 Å². The molecule has 7 nitrogen and oxygen atoms in total. The number of piperidine rings is 1. The molecule has 0 bridgehead atoms. The summed E-state index contributed by atoms with van der Waals surface area (Å²) in [5.74, 6) is 0.0766. The summed E-state index contributed by atoms with van der Waals surface area (Å²) in [5, 5.41) is 5.90. The Labute approximate surface area is 188 Å². The number of amides is 1. The molecular formula is C25H31N5O2. The van der Waals surface area contributed by atoms with Gasteiger partial charge in [0.25, 0.3) is 5.91 Å². The van der Waals surface area contributed by atoms with Gasteiger partial charge in [-0.15, -0.1) is 0 Å². The third kappa shape index (κ3) is 3.44. The van der Waals surface area contributed by atoms with Gasteiger partial charge in [0.2, 0.25) is 0 Å². The number of carbonyl (C=O) groups is 1. The number of carbonyl (C=O) groups excluding carboxylic acids is 1. The van der Waals surface area contributed by atoms with E-state index in [1.165, 1.54) is 22.2 Å². The normalized spacial score (nSPS) is 20.8. The van der Waals surface area contributed by atoms with Crippen molar-refractivity contribution in [1.82, 2.24) is 24.6 Å². The van der Waals surface area contributed by atoms with E-state index in [0.717, 1.165) is 70.4 Å². The minimum atomic E-state index is -0.130. The molecule has 2 aromatic heterocycles. The molecule has 168 valence electrons. The predicted molar refractivity (Wildman–Crippen MR) is 122 cm³/mol. The highest BCUT2D eigenvalue weighted by Gasteiger charge is 2.42. The van der Waals surface area contributed by atoms with Gasteiger partial charge in [0.15, 0.2) is 5.69 Å². The quantitative estimate of drug-likeness (QED) is 0.689. The molecule has 2 fully saturated rings. The summed E-state index contributed by atoms with van der Waals surface area (Å²) in [6.45, 7) is 5.21. The van der Waals surface area contributed by atoms with E-state index in [0.29, 0.717) is 12.3 Å². The van der Waals surface area contributed by atoms with Crippen molar-refractivity contribution in [1.29, 1.82) is 0 Å². The maximum Gasteiger partial charge on any atom is 0.274 e. The van der Waals surface area contributed by atoms with Crippen LogP contribution in [0.2, 0.25) is 0 Å². The van der Waals surface area contributed by atoms with E-state index in [-0.39, 0.29) is 11.5 Å². The van der Waals surface area contributed by atoms with Crippen LogP contribution in [0, 0.1) is 0 Å². The number of benzene rings is 1. The molecule has 7 heteroatoms. The molecule has 3 aliphatic heterocycles. The number of fused-ring (bicyclic) bond motifs is 2. The Morgan fingerprint density at radius 1 is 1.16 bits per heavy atom. The molecular weight excluding hydrogens is 402 g/mol. The van der Waals surface area contributed by atoms with Gasteiger partial charge in [0.1, 0.15) is 0 Å². The number of likely N-dealkylation sites (tertiary alicyclic amines) is 2. The Balaban J connectivity index is 1.13. The third-order valence-corrected chi connectivity index (χ3v) is 7.68. The van der Waals surface area contributed by atoms with Crippen LogP contribution in [-0.4, -0.2) is 62.3 Å². The van der Waals surface area contributed by atoms with Gasteiger partial charge in [-0.1, -0.05) is 12.1 Å². The summed E-state index contributed by atoms with van der Waals surface area (Å²) in [4.78, 5) is 20.7. The van der Waals surface area contributed by atoms with Gasteiger partial charge < -0.3 is 14.6 Å². The second-order valence-corrected chi connectivity index (χ2v) is 9.72. The first-order valence-electron chi connectivity index (χ1n) is 11.9. The van der Waals surface area contributed by atoms with E-state index in [1.54, 1.807) is 0 Å². The van der Waals surface area contributed by atoms with Crippen molar-refractivity contribution >= 4 is 16.8 Å². The number of ether oxygens (including phenoxy) is 1. The van der Waals surface area contributed by atoms with Crippen LogP contribution in [0.3, 0.4) is 0 Å². The molecule has 0 unspecified atom stereocenters. The van der Waals surface area contributed by atoms with Crippen molar-refractivity contribution < 1.29 is 9.53 Å². The van der Waals surface area contributed by atoms with Gasteiger partial charge in [-0.25, -0.2) is 0 Å². The zero-order chi connectivity index (χ0) is 21.7. The lowest BCUT2D eigenvalue weighted by atomic mass is 9.83. The van der Waals surface area contributed by atoms with E-state index >= 15 is 0 Å². The molecule has 0 atom stereocenters. The van der Waals surface area contributed by atoms with E-state index in [4.69, 9.17) is 4.74 Å². The van der Waals surface area contributed by atoms with Crippen LogP contribution in [0.4, 0.5) is 0 Å². The zero-order valence-electron chi connectivity index (χ0n) is 18.8. The lowest BCUT2D eigenvalue weighted by Gasteiger charge is -2.44. The van der Waals surface area contributed by atoms with E-state index < -0.39 is 0 Å². The minimum absolute atomic E-state index is 0.0766. The van der Waals surface area contributed by atoms with Gasteiger partial charge in [-0.2, -0.15) is 5.10 Å². The largest absolute Gasteiger partial charge is 0.370 e. The molecule has 3 aromatic rings. The fourth-order valence-electron chi connectivity index (χ4n) is 5.69. The van der Waals surface area contributed by atoms with E-state index in [9.17, 15) is 4.79 Å². The Morgan fingerprint density at radius 2 is 1.97 bits per heavy atom. The highest BCUT2D eigenvalue weighted by Crippen LogP contribution is 2.38. The van der Waals surface area contributed by atoms with Gasteiger partial charge in [0.05, 0.1) is 12.2 Å². The van der Waals surface area contributed by atoms with Crippen LogP contribution in [0.25, 0.3) is 10.9 Å². The Kier molecular flexibility index (Phi) is 4.84. The van der Waals surface area contributed by atoms with Crippen LogP contribution in [-0.2, 0) is 31.4 Å². The molecule has 1 aromatic carbocycles. The molecule has 0 saturated carbocycles. The predicted octanol–water partition coefficient (Wildman–Crippen LogP) is 3.24. The molecule has 32 heavy (non-hydrogen) atoms. The van der Waals surface area contributed by atoms with E-state index in [2.05, 4.69) is 39.2 Å².